The number of pyridine rings is 1. The molecule has 0 amide bonds. The van der Waals surface area contributed by atoms with Crippen molar-refractivity contribution in [2.45, 2.75) is 13.0 Å². The number of hydrogen-bond donors (Lipinski definition) is 1. The first kappa shape index (κ1) is 17.8. The van der Waals surface area contributed by atoms with Gasteiger partial charge in [-0.2, -0.15) is 0 Å². The van der Waals surface area contributed by atoms with Crippen LogP contribution in [-0.4, -0.2) is 50.8 Å². The quantitative estimate of drug-likeness (QED) is 0.570. The third-order valence-electron chi connectivity index (χ3n) is 5.64. The summed E-state index contributed by atoms with van der Waals surface area (Å²) in [6.07, 6.45) is 7.11. The molecule has 1 aliphatic rings. The molecular weight excluding hydrogens is 366 g/mol. The van der Waals surface area contributed by atoms with Crippen molar-refractivity contribution in [3.63, 3.8) is 0 Å². The highest BCUT2D eigenvalue weighted by Gasteiger charge is 2.16. The molecule has 7 heteroatoms. The summed E-state index contributed by atoms with van der Waals surface area (Å²) < 4.78 is 8.52. The van der Waals surface area contributed by atoms with Crippen LogP contribution in [0.1, 0.15) is 12.0 Å². The van der Waals surface area contributed by atoms with Crippen LogP contribution in [0.5, 0.6) is 5.75 Å². The summed E-state index contributed by atoms with van der Waals surface area (Å²) in [6, 6.07) is 11.7. The zero-order valence-electron chi connectivity index (χ0n) is 16.3. The van der Waals surface area contributed by atoms with Gasteiger partial charge in [-0.1, -0.05) is 12.1 Å². The second kappa shape index (κ2) is 7.25. The van der Waals surface area contributed by atoms with Crippen LogP contribution in [0.3, 0.4) is 0 Å². The van der Waals surface area contributed by atoms with Crippen molar-refractivity contribution in [3.8, 4) is 5.75 Å². The van der Waals surface area contributed by atoms with E-state index in [0.29, 0.717) is 12.2 Å². The summed E-state index contributed by atoms with van der Waals surface area (Å²) in [5, 5.41) is 5.61. The highest BCUT2D eigenvalue weighted by molar-refractivity contribution is 5.93. The lowest BCUT2D eigenvalue weighted by Crippen LogP contribution is -2.34. The maximum atomic E-state index is 12.4. The van der Waals surface area contributed by atoms with Gasteiger partial charge in [0.05, 0.1) is 13.7 Å². The molecule has 29 heavy (non-hydrogen) atoms. The Labute approximate surface area is 167 Å². The van der Waals surface area contributed by atoms with E-state index in [1.807, 2.05) is 24.3 Å². The third-order valence-corrected chi connectivity index (χ3v) is 5.64. The predicted molar refractivity (Wildman–Crippen MR) is 113 cm³/mol. The molecule has 1 aromatic carbocycles. The van der Waals surface area contributed by atoms with E-state index in [-0.39, 0.29) is 5.69 Å². The minimum atomic E-state index is -0.0819. The molecule has 148 valence electrons. The zero-order chi connectivity index (χ0) is 19.8. The lowest BCUT2D eigenvalue weighted by molar-refractivity contribution is 0.282. The highest BCUT2D eigenvalue weighted by atomic mass is 16.5. The Morgan fingerprint density at radius 3 is 2.93 bits per heavy atom. The van der Waals surface area contributed by atoms with Crippen LogP contribution in [0.2, 0.25) is 0 Å². The van der Waals surface area contributed by atoms with Crippen molar-refractivity contribution in [2.75, 3.05) is 26.7 Å². The van der Waals surface area contributed by atoms with Crippen molar-refractivity contribution in [1.29, 1.82) is 0 Å². The second-order valence-electron chi connectivity index (χ2n) is 7.33. The molecule has 0 atom stereocenters. The molecule has 4 heterocycles. The molecule has 1 aliphatic heterocycles. The SMILES string of the molecule is COc1ccc2[nH]cc(C3=CCN(CCn4nc5ccccn5c4=O)CC3)c2c1. The number of rotatable bonds is 5. The van der Waals surface area contributed by atoms with Crippen molar-refractivity contribution < 1.29 is 4.74 Å². The van der Waals surface area contributed by atoms with E-state index >= 15 is 0 Å². The average Bonchev–Trinajstić information content (AvgIpc) is 3.33. The maximum absolute atomic E-state index is 12.4. The average molecular weight is 389 g/mol. The zero-order valence-corrected chi connectivity index (χ0v) is 16.3. The van der Waals surface area contributed by atoms with Gasteiger partial charge in [-0.15, -0.1) is 5.10 Å². The first-order chi connectivity index (χ1) is 14.2. The number of ether oxygens (including phenoxy) is 1. The highest BCUT2D eigenvalue weighted by Crippen LogP contribution is 2.31. The summed E-state index contributed by atoms with van der Waals surface area (Å²) in [7, 11) is 1.69. The first-order valence-electron chi connectivity index (χ1n) is 9.84. The third kappa shape index (κ3) is 3.23. The van der Waals surface area contributed by atoms with Crippen LogP contribution in [0, 0.1) is 0 Å². The van der Waals surface area contributed by atoms with E-state index < -0.39 is 0 Å². The van der Waals surface area contributed by atoms with E-state index in [1.165, 1.54) is 16.5 Å². The van der Waals surface area contributed by atoms with Gasteiger partial charge in [0.15, 0.2) is 5.65 Å². The topological polar surface area (TPSA) is 67.6 Å². The summed E-state index contributed by atoms with van der Waals surface area (Å²) in [6.45, 7) is 3.22. The van der Waals surface area contributed by atoms with E-state index in [0.717, 1.165) is 37.3 Å². The molecule has 0 bridgehead atoms. The van der Waals surface area contributed by atoms with Gasteiger partial charge in [-0.25, -0.2) is 9.48 Å². The fourth-order valence-corrected chi connectivity index (χ4v) is 4.00. The van der Waals surface area contributed by atoms with E-state index in [2.05, 4.69) is 39.4 Å². The molecule has 0 saturated carbocycles. The smallest absolute Gasteiger partial charge is 0.350 e. The number of benzene rings is 1. The Kier molecular flexibility index (Phi) is 4.44. The minimum absolute atomic E-state index is 0.0819. The Hall–Kier alpha value is -3.32. The van der Waals surface area contributed by atoms with E-state index in [9.17, 15) is 4.79 Å². The van der Waals surface area contributed by atoms with Crippen molar-refractivity contribution in [1.82, 2.24) is 24.1 Å². The molecule has 0 unspecified atom stereocenters. The number of methoxy groups -OCH3 is 1. The molecule has 0 saturated heterocycles. The Balaban J connectivity index is 1.29. The molecule has 0 aliphatic carbocycles. The van der Waals surface area contributed by atoms with Crippen LogP contribution in [0.4, 0.5) is 0 Å². The summed E-state index contributed by atoms with van der Waals surface area (Å²) in [5.74, 6) is 0.870. The number of fused-ring (bicyclic) bond motifs is 2. The lowest BCUT2D eigenvalue weighted by Gasteiger charge is -2.26. The van der Waals surface area contributed by atoms with Gasteiger partial charge in [0.1, 0.15) is 5.75 Å². The van der Waals surface area contributed by atoms with Gasteiger partial charge in [-0.05, 0) is 42.3 Å². The van der Waals surface area contributed by atoms with Gasteiger partial charge in [0.25, 0.3) is 0 Å². The number of nitrogens with zero attached hydrogens (tertiary/aromatic N) is 4. The van der Waals surface area contributed by atoms with Crippen LogP contribution in [0.25, 0.3) is 22.1 Å². The number of aromatic amines is 1. The number of hydrogen-bond acceptors (Lipinski definition) is 4. The standard InChI is InChI=1S/C22H23N5O2/c1-29-17-5-6-20-18(14-17)19(15-23-20)16-7-10-25(11-8-16)12-13-27-22(28)26-9-3-2-4-21(26)24-27/h2-7,9,14-15,23H,8,10-13H2,1H3. The van der Waals surface area contributed by atoms with Gasteiger partial charge in [0.2, 0.25) is 0 Å². The molecule has 4 aromatic rings. The molecule has 0 spiro atoms. The van der Waals surface area contributed by atoms with E-state index in [1.54, 1.807) is 22.4 Å². The van der Waals surface area contributed by atoms with Crippen molar-refractivity contribution in [2.24, 2.45) is 0 Å². The monoisotopic (exact) mass is 389 g/mol. The van der Waals surface area contributed by atoms with Crippen LogP contribution >= 0.6 is 0 Å². The molecular formula is C22H23N5O2. The van der Waals surface area contributed by atoms with Crippen LogP contribution < -0.4 is 10.4 Å². The predicted octanol–water partition coefficient (Wildman–Crippen LogP) is 2.78. The fourth-order valence-electron chi connectivity index (χ4n) is 4.00. The van der Waals surface area contributed by atoms with Crippen molar-refractivity contribution in [3.05, 3.63) is 70.9 Å². The normalized spacial score (nSPS) is 15.1. The Morgan fingerprint density at radius 2 is 2.14 bits per heavy atom. The largest absolute Gasteiger partial charge is 0.497 e. The molecule has 7 nitrogen and oxygen atoms in total. The van der Waals surface area contributed by atoms with E-state index in [4.69, 9.17) is 4.74 Å². The lowest BCUT2D eigenvalue weighted by atomic mass is 9.99. The van der Waals surface area contributed by atoms with Gasteiger partial charge >= 0.3 is 5.69 Å². The van der Waals surface area contributed by atoms with Gasteiger partial charge in [0, 0.05) is 48.5 Å². The maximum Gasteiger partial charge on any atom is 0.350 e. The summed E-state index contributed by atoms with van der Waals surface area (Å²) in [5.41, 5.74) is 4.32. The first-order valence-corrected chi connectivity index (χ1v) is 9.84. The second-order valence-corrected chi connectivity index (χ2v) is 7.33. The molecule has 3 aromatic heterocycles. The molecule has 0 fully saturated rings. The minimum Gasteiger partial charge on any atom is -0.497 e. The number of nitrogens with one attached hydrogen (secondary N) is 1. The fraction of sp³-hybridized carbons (Fsp3) is 0.273. The Bertz CT molecular complexity index is 1260. The number of H-pyrrole nitrogens is 1. The van der Waals surface area contributed by atoms with Crippen LogP contribution in [-0.2, 0) is 6.54 Å². The molecule has 0 radical (unpaired) electrons. The van der Waals surface area contributed by atoms with Crippen LogP contribution in [0.15, 0.2) is 59.7 Å². The summed E-state index contributed by atoms with van der Waals surface area (Å²) >= 11 is 0. The molecule has 5 rings (SSSR count). The van der Waals surface area contributed by atoms with Gasteiger partial charge < -0.3 is 9.72 Å². The number of aromatic nitrogens is 4. The molecule has 1 N–H and O–H groups in total. The van der Waals surface area contributed by atoms with Crippen molar-refractivity contribution >= 4 is 22.1 Å². The Morgan fingerprint density at radius 1 is 1.21 bits per heavy atom. The summed E-state index contributed by atoms with van der Waals surface area (Å²) in [4.78, 5) is 18.1. The van der Waals surface area contributed by atoms with Gasteiger partial charge in [-0.3, -0.25) is 9.30 Å².